The SMILES string of the molecule is O=C(Cc1ncc(-c2cc(F)cc(F)c2)cn1)C1CCC(N2CCOC2=O)CC1. The molecular weight excluding hydrogens is 380 g/mol. The number of Topliss-reactive ketones (excluding diaryl/α,β-unsaturated/α-hetero) is 1. The summed E-state index contributed by atoms with van der Waals surface area (Å²) in [4.78, 5) is 34.4. The zero-order valence-electron chi connectivity index (χ0n) is 15.8. The Balaban J connectivity index is 1.33. The maximum atomic E-state index is 13.4. The highest BCUT2D eigenvalue weighted by Gasteiger charge is 2.34. The number of ether oxygens (including phenoxy) is 1. The third-order valence-electron chi connectivity index (χ3n) is 5.62. The van der Waals surface area contributed by atoms with E-state index in [2.05, 4.69) is 9.97 Å². The summed E-state index contributed by atoms with van der Waals surface area (Å²) in [5.41, 5.74) is 0.830. The van der Waals surface area contributed by atoms with Crippen molar-refractivity contribution >= 4 is 11.9 Å². The van der Waals surface area contributed by atoms with Crippen LogP contribution in [-0.4, -0.2) is 45.9 Å². The minimum absolute atomic E-state index is 0.0644. The molecule has 0 N–H and O–H groups in total. The monoisotopic (exact) mass is 401 g/mol. The highest BCUT2D eigenvalue weighted by molar-refractivity contribution is 5.82. The average Bonchev–Trinajstić information content (AvgIpc) is 3.14. The number of hydrogen-bond donors (Lipinski definition) is 0. The third-order valence-corrected chi connectivity index (χ3v) is 5.62. The summed E-state index contributed by atoms with van der Waals surface area (Å²) in [5.74, 6) is -0.933. The van der Waals surface area contributed by atoms with Gasteiger partial charge in [0, 0.05) is 36.0 Å². The molecule has 2 aromatic rings. The minimum atomic E-state index is -0.669. The number of hydrogen-bond acceptors (Lipinski definition) is 5. The normalized spacial score (nSPS) is 21.9. The molecule has 4 rings (SSSR count). The Kier molecular flexibility index (Phi) is 5.51. The number of aromatic nitrogens is 2. The second-order valence-electron chi connectivity index (χ2n) is 7.50. The molecule has 0 bridgehead atoms. The van der Waals surface area contributed by atoms with Crippen molar-refractivity contribution in [3.05, 3.63) is 48.1 Å². The Bertz CT molecular complexity index is 892. The zero-order chi connectivity index (χ0) is 20.4. The van der Waals surface area contributed by atoms with E-state index in [9.17, 15) is 18.4 Å². The molecule has 2 heterocycles. The maximum Gasteiger partial charge on any atom is 0.410 e. The van der Waals surface area contributed by atoms with E-state index in [-0.39, 0.29) is 30.3 Å². The van der Waals surface area contributed by atoms with Gasteiger partial charge in [0.25, 0.3) is 0 Å². The second kappa shape index (κ2) is 8.23. The molecule has 6 nitrogen and oxygen atoms in total. The lowest BCUT2D eigenvalue weighted by Crippen LogP contribution is -2.39. The van der Waals surface area contributed by atoms with Crippen LogP contribution in [0.2, 0.25) is 0 Å². The lowest BCUT2D eigenvalue weighted by molar-refractivity contribution is -0.123. The number of nitrogens with zero attached hydrogens (tertiary/aromatic N) is 3. The first-order valence-corrected chi connectivity index (χ1v) is 9.73. The molecule has 152 valence electrons. The number of ketones is 1. The maximum absolute atomic E-state index is 13.4. The first-order valence-electron chi connectivity index (χ1n) is 9.73. The Morgan fingerprint density at radius 2 is 1.69 bits per heavy atom. The van der Waals surface area contributed by atoms with Crippen LogP contribution in [-0.2, 0) is 16.0 Å². The van der Waals surface area contributed by atoms with Crippen molar-refractivity contribution in [3.63, 3.8) is 0 Å². The van der Waals surface area contributed by atoms with Crippen molar-refractivity contribution in [1.82, 2.24) is 14.9 Å². The zero-order valence-corrected chi connectivity index (χ0v) is 15.8. The van der Waals surface area contributed by atoms with Crippen molar-refractivity contribution in [1.29, 1.82) is 0 Å². The minimum Gasteiger partial charge on any atom is -0.448 e. The van der Waals surface area contributed by atoms with Crippen LogP contribution in [0.15, 0.2) is 30.6 Å². The molecule has 0 atom stereocenters. The summed E-state index contributed by atoms with van der Waals surface area (Å²) in [6.45, 7) is 1.06. The van der Waals surface area contributed by atoms with Crippen molar-refractivity contribution in [2.75, 3.05) is 13.2 Å². The number of benzene rings is 1. The molecule has 1 amide bonds. The average molecular weight is 401 g/mol. The molecule has 1 aliphatic carbocycles. The third kappa shape index (κ3) is 4.41. The fourth-order valence-corrected chi connectivity index (χ4v) is 4.06. The van der Waals surface area contributed by atoms with Gasteiger partial charge in [-0.2, -0.15) is 0 Å². The van der Waals surface area contributed by atoms with E-state index >= 15 is 0 Å². The molecule has 2 aliphatic rings. The lowest BCUT2D eigenvalue weighted by Gasteiger charge is -2.32. The van der Waals surface area contributed by atoms with Gasteiger partial charge in [-0.25, -0.2) is 23.5 Å². The van der Waals surface area contributed by atoms with Crippen LogP contribution in [0.3, 0.4) is 0 Å². The summed E-state index contributed by atoms with van der Waals surface area (Å²) in [6, 6.07) is 3.37. The quantitative estimate of drug-likeness (QED) is 0.766. The standard InChI is InChI=1S/C21H21F2N3O3/c22-16-7-14(8-17(23)9-16)15-11-24-20(25-12-15)10-19(27)13-1-3-18(4-2-13)26-5-6-29-21(26)28/h7-9,11-13,18H,1-6,10H2. The van der Waals surface area contributed by atoms with E-state index in [1.807, 2.05) is 0 Å². The lowest BCUT2D eigenvalue weighted by atomic mass is 9.82. The van der Waals surface area contributed by atoms with Gasteiger partial charge in [-0.3, -0.25) is 4.79 Å². The number of amides is 1. The summed E-state index contributed by atoms with van der Waals surface area (Å²) in [7, 11) is 0. The topological polar surface area (TPSA) is 72.4 Å². The van der Waals surface area contributed by atoms with E-state index in [4.69, 9.17) is 4.74 Å². The molecule has 0 radical (unpaired) electrons. The van der Waals surface area contributed by atoms with E-state index in [1.165, 1.54) is 24.5 Å². The number of halogens is 2. The Labute approximate surface area is 166 Å². The largest absolute Gasteiger partial charge is 0.448 e. The first kappa shape index (κ1) is 19.4. The van der Waals surface area contributed by atoms with Gasteiger partial charge >= 0.3 is 6.09 Å². The second-order valence-corrected chi connectivity index (χ2v) is 7.50. The van der Waals surface area contributed by atoms with Gasteiger partial charge in [-0.1, -0.05) is 0 Å². The number of carbonyl (C=O) groups excluding carboxylic acids is 2. The van der Waals surface area contributed by atoms with Crippen molar-refractivity contribution in [2.24, 2.45) is 5.92 Å². The van der Waals surface area contributed by atoms with Gasteiger partial charge in [0.15, 0.2) is 0 Å². The summed E-state index contributed by atoms with van der Waals surface area (Å²) in [5, 5.41) is 0. The molecule has 0 unspecified atom stereocenters. The van der Waals surface area contributed by atoms with Gasteiger partial charge < -0.3 is 9.64 Å². The molecule has 8 heteroatoms. The highest BCUT2D eigenvalue weighted by Crippen LogP contribution is 2.30. The highest BCUT2D eigenvalue weighted by atomic mass is 19.1. The molecule has 2 fully saturated rings. The summed E-state index contributed by atoms with van der Waals surface area (Å²) >= 11 is 0. The van der Waals surface area contributed by atoms with Crippen LogP contribution in [0, 0.1) is 17.6 Å². The van der Waals surface area contributed by atoms with Crippen LogP contribution in [0.25, 0.3) is 11.1 Å². The molecule has 29 heavy (non-hydrogen) atoms. The van der Waals surface area contributed by atoms with Crippen molar-refractivity contribution in [2.45, 2.75) is 38.1 Å². The molecular formula is C21H21F2N3O3. The molecule has 0 spiro atoms. The van der Waals surface area contributed by atoms with Gasteiger partial charge in [0.1, 0.15) is 29.8 Å². The van der Waals surface area contributed by atoms with E-state index in [0.29, 0.717) is 30.1 Å². The van der Waals surface area contributed by atoms with E-state index in [0.717, 1.165) is 31.7 Å². The Hall–Kier alpha value is -2.90. The number of rotatable bonds is 5. The van der Waals surface area contributed by atoms with Crippen LogP contribution in [0.1, 0.15) is 31.5 Å². The fourth-order valence-electron chi connectivity index (χ4n) is 4.06. The number of cyclic esters (lactones) is 1. The Morgan fingerprint density at radius 3 is 2.28 bits per heavy atom. The molecule has 1 aliphatic heterocycles. The van der Waals surface area contributed by atoms with E-state index in [1.54, 1.807) is 4.90 Å². The Morgan fingerprint density at radius 1 is 1.03 bits per heavy atom. The first-order chi connectivity index (χ1) is 14.0. The van der Waals surface area contributed by atoms with Crippen LogP contribution < -0.4 is 0 Å². The fraction of sp³-hybridized carbons (Fsp3) is 0.429. The van der Waals surface area contributed by atoms with Crippen molar-refractivity contribution in [3.8, 4) is 11.1 Å². The van der Waals surface area contributed by atoms with Crippen LogP contribution in [0.4, 0.5) is 13.6 Å². The van der Waals surface area contributed by atoms with E-state index < -0.39 is 11.6 Å². The molecule has 1 aromatic heterocycles. The van der Waals surface area contributed by atoms with Gasteiger partial charge in [-0.05, 0) is 43.4 Å². The smallest absolute Gasteiger partial charge is 0.410 e. The van der Waals surface area contributed by atoms with Gasteiger partial charge in [-0.15, -0.1) is 0 Å². The molecule has 1 saturated carbocycles. The van der Waals surface area contributed by atoms with Crippen molar-refractivity contribution < 1.29 is 23.1 Å². The van der Waals surface area contributed by atoms with Crippen LogP contribution >= 0.6 is 0 Å². The van der Waals surface area contributed by atoms with Gasteiger partial charge in [0.05, 0.1) is 13.0 Å². The van der Waals surface area contributed by atoms with Crippen LogP contribution in [0.5, 0.6) is 0 Å². The molecule has 1 saturated heterocycles. The number of carbonyl (C=O) groups is 2. The van der Waals surface area contributed by atoms with Gasteiger partial charge in [0.2, 0.25) is 0 Å². The summed E-state index contributed by atoms with van der Waals surface area (Å²) in [6.07, 6.45) is 5.85. The predicted molar refractivity (Wildman–Crippen MR) is 99.9 cm³/mol. The summed E-state index contributed by atoms with van der Waals surface area (Å²) < 4.78 is 31.7. The predicted octanol–water partition coefficient (Wildman–Crippen LogP) is 3.54. The molecule has 1 aromatic carbocycles.